The maximum absolute atomic E-state index is 13.9. The number of aromatic amines is 1. The number of carboxylic acid groups (broad SMARTS) is 1. The normalized spacial score (nSPS) is 14.7. The number of aliphatic carboxylic acids is 1. The fourth-order valence-corrected chi connectivity index (χ4v) is 4.82. The van der Waals surface area contributed by atoms with Crippen molar-refractivity contribution in [2.45, 2.75) is 90.0 Å². The summed E-state index contributed by atoms with van der Waals surface area (Å²) in [6, 6.07) is 0.305. The zero-order chi connectivity index (χ0) is 36.7. The van der Waals surface area contributed by atoms with Crippen LogP contribution in [0.4, 0.5) is 0 Å². The Kier molecular flexibility index (Phi) is 16.0. The number of nitrogens with one attached hydrogen (secondary N) is 5. The van der Waals surface area contributed by atoms with E-state index in [1.807, 2.05) is 6.92 Å². The summed E-state index contributed by atoms with van der Waals surface area (Å²) < 4.78 is 0. The van der Waals surface area contributed by atoms with Gasteiger partial charge in [0.25, 0.3) is 0 Å². The van der Waals surface area contributed by atoms with Crippen LogP contribution >= 0.6 is 0 Å². The average molecular weight is 687 g/mol. The summed E-state index contributed by atoms with van der Waals surface area (Å²) in [6.07, 6.45) is 3.88. The van der Waals surface area contributed by atoms with Gasteiger partial charge in [0, 0.05) is 31.3 Å². The molecule has 0 aliphatic rings. The van der Waals surface area contributed by atoms with E-state index in [0.29, 0.717) is 24.1 Å². The number of nitrogens with zero attached hydrogens (tertiary/aromatic N) is 2. The third kappa shape index (κ3) is 13.4. The van der Waals surface area contributed by atoms with Crippen molar-refractivity contribution < 1.29 is 34.2 Å². The van der Waals surface area contributed by atoms with Crippen molar-refractivity contribution in [2.24, 2.45) is 34.0 Å². The molecule has 1 aromatic heterocycles. The smallest absolute Gasteiger partial charge is 0.326 e. The first-order valence-electron chi connectivity index (χ1n) is 16.1. The summed E-state index contributed by atoms with van der Waals surface area (Å²) in [7, 11) is 0. The number of nitrogens with two attached hydrogens (primary N) is 3. The van der Waals surface area contributed by atoms with E-state index < -0.39 is 71.6 Å². The van der Waals surface area contributed by atoms with Gasteiger partial charge in [0.1, 0.15) is 29.9 Å². The predicted molar refractivity (Wildman–Crippen MR) is 182 cm³/mol. The lowest BCUT2D eigenvalue weighted by molar-refractivity contribution is -0.142. The predicted octanol–water partition coefficient (Wildman–Crippen LogP) is -0.993. The minimum absolute atomic E-state index is 0.00243. The molecule has 2 rings (SSSR count). The van der Waals surface area contributed by atoms with Crippen LogP contribution in [0.3, 0.4) is 0 Å². The molecule has 270 valence electrons. The van der Waals surface area contributed by atoms with Gasteiger partial charge in [-0.05, 0) is 42.4 Å². The number of rotatable bonds is 20. The Hall–Kier alpha value is -5.19. The van der Waals surface area contributed by atoms with Gasteiger partial charge in [-0.15, -0.1) is 0 Å². The van der Waals surface area contributed by atoms with Gasteiger partial charge in [-0.25, -0.2) is 9.78 Å². The Morgan fingerprint density at radius 1 is 0.878 bits per heavy atom. The molecule has 6 atom stereocenters. The van der Waals surface area contributed by atoms with E-state index in [1.165, 1.54) is 24.7 Å². The molecule has 0 aliphatic carbocycles. The largest absolute Gasteiger partial charge is 0.508 e. The Labute approximate surface area is 285 Å². The van der Waals surface area contributed by atoms with Crippen molar-refractivity contribution in [3.8, 4) is 5.75 Å². The van der Waals surface area contributed by atoms with Crippen LogP contribution in [0, 0.1) is 11.8 Å². The number of phenolic OH excluding ortho intramolecular Hbond substituents is 1. The van der Waals surface area contributed by atoms with Crippen LogP contribution in [-0.2, 0) is 36.8 Å². The number of benzene rings is 1. The molecule has 0 unspecified atom stereocenters. The van der Waals surface area contributed by atoms with Crippen molar-refractivity contribution in [2.75, 3.05) is 6.54 Å². The third-order valence-electron chi connectivity index (χ3n) is 7.95. The molecule has 1 heterocycles. The third-order valence-corrected chi connectivity index (χ3v) is 7.95. The maximum Gasteiger partial charge on any atom is 0.326 e. The van der Waals surface area contributed by atoms with Gasteiger partial charge in [0.15, 0.2) is 5.96 Å². The van der Waals surface area contributed by atoms with Gasteiger partial charge in [-0.1, -0.05) is 46.2 Å². The number of H-pyrrole nitrogens is 1. The van der Waals surface area contributed by atoms with E-state index in [9.17, 15) is 34.2 Å². The highest BCUT2D eigenvalue weighted by molar-refractivity contribution is 5.95. The quantitative estimate of drug-likeness (QED) is 0.0458. The van der Waals surface area contributed by atoms with Gasteiger partial charge in [-0.3, -0.25) is 24.2 Å². The number of imidazole rings is 1. The van der Waals surface area contributed by atoms with Gasteiger partial charge in [-0.2, -0.15) is 0 Å². The van der Waals surface area contributed by atoms with E-state index in [4.69, 9.17) is 17.2 Å². The molecule has 4 amide bonds. The molecule has 0 bridgehead atoms. The second kappa shape index (κ2) is 19.6. The van der Waals surface area contributed by atoms with Crippen molar-refractivity contribution >= 4 is 35.6 Å². The van der Waals surface area contributed by atoms with E-state index >= 15 is 0 Å². The lowest BCUT2D eigenvalue weighted by Gasteiger charge is -2.29. The minimum Gasteiger partial charge on any atom is -0.508 e. The fourth-order valence-electron chi connectivity index (χ4n) is 4.82. The number of aliphatic imine (C=N–C) groups is 1. The minimum atomic E-state index is -1.31. The summed E-state index contributed by atoms with van der Waals surface area (Å²) in [6.45, 7) is 7.26. The monoisotopic (exact) mass is 686 g/mol. The second-order valence-electron chi connectivity index (χ2n) is 12.3. The number of amides is 4. The molecule has 0 aliphatic heterocycles. The Bertz CT molecular complexity index is 1410. The molecule has 13 N–H and O–H groups in total. The van der Waals surface area contributed by atoms with Crippen LogP contribution in [0.1, 0.15) is 58.2 Å². The first kappa shape index (κ1) is 40.0. The number of carbonyl (C=O) groups excluding carboxylic acids is 4. The zero-order valence-electron chi connectivity index (χ0n) is 28.3. The number of carboxylic acids is 1. The van der Waals surface area contributed by atoms with Crippen molar-refractivity contribution in [1.29, 1.82) is 0 Å². The molecular weight excluding hydrogens is 636 g/mol. The van der Waals surface area contributed by atoms with Crippen LogP contribution in [0.25, 0.3) is 0 Å². The molecule has 0 fully saturated rings. The molecule has 1 aromatic carbocycles. The summed E-state index contributed by atoms with van der Waals surface area (Å²) in [5, 5.41) is 30.1. The lowest BCUT2D eigenvalue weighted by atomic mass is 9.96. The number of carbonyl (C=O) groups is 5. The van der Waals surface area contributed by atoms with Crippen molar-refractivity contribution in [3.63, 3.8) is 0 Å². The van der Waals surface area contributed by atoms with Crippen LogP contribution < -0.4 is 38.5 Å². The molecule has 2 aromatic rings. The molecule has 0 saturated heterocycles. The summed E-state index contributed by atoms with van der Waals surface area (Å²) in [5.74, 6) is -4.85. The van der Waals surface area contributed by atoms with Crippen LogP contribution in [0.5, 0.6) is 5.75 Å². The molecule has 0 spiro atoms. The Balaban J connectivity index is 2.27. The lowest BCUT2D eigenvalue weighted by Crippen LogP contribution is -2.60. The number of guanidine groups is 1. The number of hydrogen-bond donors (Lipinski definition) is 10. The van der Waals surface area contributed by atoms with Crippen molar-refractivity contribution in [1.82, 2.24) is 31.2 Å². The SMILES string of the molecule is CC[C@H](C)[C@H](NC(=O)[C@H](Cc1ccc(O)cc1)NC(=O)[C@@H](NC(=O)[C@@H](N)CCCN=C(N)N)C(C)C)C(=O)N[C@@H](Cc1cnc[nH]1)C(=O)O. The molecule has 49 heavy (non-hydrogen) atoms. The Morgan fingerprint density at radius 2 is 1.49 bits per heavy atom. The summed E-state index contributed by atoms with van der Waals surface area (Å²) >= 11 is 0. The van der Waals surface area contributed by atoms with Crippen LogP contribution in [0.2, 0.25) is 0 Å². The van der Waals surface area contributed by atoms with Crippen molar-refractivity contribution in [3.05, 3.63) is 48.0 Å². The summed E-state index contributed by atoms with van der Waals surface area (Å²) in [5.41, 5.74) is 17.8. The van der Waals surface area contributed by atoms with Gasteiger partial charge >= 0.3 is 5.97 Å². The first-order valence-corrected chi connectivity index (χ1v) is 16.1. The first-order chi connectivity index (χ1) is 23.1. The number of phenols is 1. The van der Waals surface area contributed by atoms with Gasteiger partial charge in [0.05, 0.1) is 12.4 Å². The topological polar surface area (TPSA) is 293 Å². The molecule has 0 radical (unpaired) electrons. The van der Waals surface area contributed by atoms with E-state index in [1.54, 1.807) is 32.9 Å². The maximum atomic E-state index is 13.9. The standard InChI is InChI=1S/C32H50N10O7/c1-5-18(4)26(30(47)40-24(31(48)49)14-20-15-36-16-38-20)42-28(45)23(13-19-8-10-21(43)11-9-19)39-29(46)25(17(2)3)41-27(44)22(33)7-6-12-37-32(34)35/h8-11,15-18,22-26,43H,5-7,12-14,33H2,1-4H3,(H,36,38)(H,39,46)(H,40,47)(H,41,44)(H,42,45)(H,48,49)(H4,34,35,37)/t18-,22-,23-,24-,25-,26-/m0/s1. The van der Waals surface area contributed by atoms with Crippen LogP contribution in [0.15, 0.2) is 41.8 Å². The summed E-state index contributed by atoms with van der Waals surface area (Å²) in [4.78, 5) is 76.4. The number of aromatic nitrogens is 2. The van der Waals surface area contributed by atoms with Gasteiger partial charge < -0.3 is 53.7 Å². The Morgan fingerprint density at radius 3 is 2.04 bits per heavy atom. The van der Waals surface area contributed by atoms with E-state index in [0.717, 1.165) is 0 Å². The molecule has 17 nitrogen and oxygen atoms in total. The number of hydrogen-bond acceptors (Lipinski definition) is 9. The van der Waals surface area contributed by atoms with E-state index in [-0.39, 0.29) is 37.5 Å². The second-order valence-corrected chi connectivity index (χ2v) is 12.3. The average Bonchev–Trinajstić information content (AvgIpc) is 3.56. The van der Waals surface area contributed by atoms with Gasteiger partial charge in [0.2, 0.25) is 23.6 Å². The highest BCUT2D eigenvalue weighted by Crippen LogP contribution is 2.14. The molecule has 0 saturated carbocycles. The number of aromatic hydroxyl groups is 1. The highest BCUT2D eigenvalue weighted by atomic mass is 16.4. The fraction of sp³-hybridized carbons (Fsp3) is 0.531. The van der Waals surface area contributed by atoms with E-state index in [2.05, 4.69) is 36.2 Å². The van der Waals surface area contributed by atoms with Crippen LogP contribution in [-0.4, -0.2) is 92.5 Å². The molecular formula is C32H50N10O7. The molecule has 17 heteroatoms. The zero-order valence-corrected chi connectivity index (χ0v) is 28.3. The highest BCUT2D eigenvalue weighted by Gasteiger charge is 2.34.